The summed E-state index contributed by atoms with van der Waals surface area (Å²) in [4.78, 5) is 0. The van der Waals surface area contributed by atoms with Crippen LogP contribution in [0.2, 0.25) is 0 Å². The van der Waals surface area contributed by atoms with Crippen molar-refractivity contribution in [2.45, 2.75) is 12.8 Å². The zero-order valence-electron chi connectivity index (χ0n) is 5.23. The second-order valence-corrected chi connectivity index (χ2v) is 3.07. The van der Waals surface area contributed by atoms with Crippen molar-refractivity contribution in [2.75, 3.05) is 0 Å². The molecule has 0 aromatic rings. The van der Waals surface area contributed by atoms with Gasteiger partial charge in [0.05, 0.1) is 5.92 Å². The molecule has 56 valence electrons. The second-order valence-electron chi connectivity index (χ2n) is 2.16. The lowest BCUT2D eigenvalue weighted by Gasteiger charge is -2.15. The van der Waals surface area contributed by atoms with E-state index in [0.717, 1.165) is 0 Å². The van der Waals surface area contributed by atoms with E-state index in [2.05, 4.69) is 15.9 Å². The van der Waals surface area contributed by atoms with Gasteiger partial charge >= 0.3 is 0 Å². The fourth-order valence-corrected chi connectivity index (χ4v) is 1.38. The molecule has 1 rings (SSSR count). The lowest BCUT2D eigenvalue weighted by atomic mass is 10.0. The minimum Gasteiger partial charge on any atom is -0.210 e. The van der Waals surface area contributed by atoms with Crippen LogP contribution in [-0.2, 0) is 0 Å². The molecule has 0 spiro atoms. The van der Waals surface area contributed by atoms with Crippen LogP contribution in [0, 0.1) is 5.92 Å². The molecule has 1 atom stereocenters. The molecule has 1 unspecified atom stereocenters. The first-order valence-corrected chi connectivity index (χ1v) is 3.81. The Hall–Kier alpha value is -0.180. The van der Waals surface area contributed by atoms with E-state index in [1.165, 1.54) is 0 Å². The highest BCUT2D eigenvalue weighted by Crippen LogP contribution is 2.30. The van der Waals surface area contributed by atoms with Crippen molar-refractivity contribution in [1.29, 1.82) is 0 Å². The molecule has 1 aliphatic rings. The normalized spacial score (nSPS) is 25.2. The Morgan fingerprint density at radius 1 is 1.60 bits per heavy atom. The lowest BCUT2D eigenvalue weighted by molar-refractivity contribution is 0.0996. The van der Waals surface area contributed by atoms with Crippen molar-refractivity contribution in [2.24, 2.45) is 5.92 Å². The van der Waals surface area contributed by atoms with Crippen molar-refractivity contribution in [3.63, 3.8) is 0 Å². The van der Waals surface area contributed by atoms with Gasteiger partial charge in [-0.1, -0.05) is 34.2 Å². The van der Waals surface area contributed by atoms with E-state index in [9.17, 15) is 8.78 Å². The maximum absolute atomic E-state index is 12.1. The van der Waals surface area contributed by atoms with Crippen molar-refractivity contribution >= 4 is 15.9 Å². The van der Waals surface area contributed by atoms with Crippen molar-refractivity contribution in [3.8, 4) is 0 Å². The van der Waals surface area contributed by atoms with Gasteiger partial charge in [-0.2, -0.15) is 0 Å². The molecule has 10 heavy (non-hydrogen) atoms. The van der Waals surface area contributed by atoms with Crippen LogP contribution in [0.4, 0.5) is 8.78 Å². The van der Waals surface area contributed by atoms with Crippen LogP contribution in [0.25, 0.3) is 0 Å². The quantitative estimate of drug-likeness (QED) is 0.622. The Labute approximate surface area is 66.7 Å². The Morgan fingerprint density at radius 3 is 2.70 bits per heavy atom. The molecule has 0 bridgehead atoms. The number of alkyl halides is 2. The molecule has 0 amide bonds. The highest BCUT2D eigenvalue weighted by Gasteiger charge is 2.22. The smallest absolute Gasteiger partial charge is 0.210 e. The van der Waals surface area contributed by atoms with Gasteiger partial charge in [0.1, 0.15) is 0 Å². The molecule has 0 nitrogen and oxygen atoms in total. The molecule has 0 radical (unpaired) electrons. The van der Waals surface area contributed by atoms with Crippen LogP contribution >= 0.6 is 15.9 Å². The average Bonchev–Trinajstić information content (AvgIpc) is 1.88. The fraction of sp³-hybridized carbons (Fsp3) is 0.429. The monoisotopic (exact) mass is 208 g/mol. The Balaban J connectivity index is 2.64. The lowest BCUT2D eigenvalue weighted by Crippen LogP contribution is -2.11. The third kappa shape index (κ3) is 1.66. The zero-order valence-corrected chi connectivity index (χ0v) is 6.81. The SMILES string of the molecule is FC(F)C1CC=CC=C1Br. The fourth-order valence-electron chi connectivity index (χ4n) is 0.845. The van der Waals surface area contributed by atoms with E-state index in [1.807, 2.05) is 0 Å². The van der Waals surface area contributed by atoms with Gasteiger partial charge in [-0.3, -0.25) is 0 Å². The van der Waals surface area contributed by atoms with Crippen LogP contribution < -0.4 is 0 Å². The van der Waals surface area contributed by atoms with E-state index in [1.54, 1.807) is 18.2 Å². The Morgan fingerprint density at radius 2 is 2.30 bits per heavy atom. The number of allylic oxidation sites excluding steroid dienone is 4. The molecule has 0 aromatic heterocycles. The number of rotatable bonds is 1. The molecule has 1 aliphatic carbocycles. The van der Waals surface area contributed by atoms with Crippen molar-refractivity contribution in [1.82, 2.24) is 0 Å². The van der Waals surface area contributed by atoms with E-state index in [0.29, 0.717) is 10.9 Å². The minimum absolute atomic E-state index is 0.439. The van der Waals surface area contributed by atoms with Gasteiger partial charge in [-0.05, 0) is 6.42 Å². The highest BCUT2D eigenvalue weighted by atomic mass is 79.9. The van der Waals surface area contributed by atoms with E-state index in [-0.39, 0.29) is 0 Å². The summed E-state index contributed by atoms with van der Waals surface area (Å²) in [7, 11) is 0. The van der Waals surface area contributed by atoms with Gasteiger partial charge in [0.25, 0.3) is 0 Å². The van der Waals surface area contributed by atoms with Crippen LogP contribution in [-0.4, -0.2) is 6.43 Å². The summed E-state index contributed by atoms with van der Waals surface area (Å²) >= 11 is 3.09. The predicted octanol–water partition coefficient (Wildman–Crippen LogP) is 3.11. The van der Waals surface area contributed by atoms with E-state index in [4.69, 9.17) is 0 Å². The summed E-state index contributed by atoms with van der Waals surface area (Å²) in [6.45, 7) is 0. The van der Waals surface area contributed by atoms with Crippen LogP contribution in [0.1, 0.15) is 6.42 Å². The summed E-state index contributed by atoms with van der Waals surface area (Å²) < 4.78 is 24.7. The van der Waals surface area contributed by atoms with Crippen LogP contribution in [0.15, 0.2) is 22.7 Å². The van der Waals surface area contributed by atoms with Gasteiger partial charge in [-0.15, -0.1) is 0 Å². The number of hydrogen-bond acceptors (Lipinski definition) is 0. The molecule has 0 saturated carbocycles. The largest absolute Gasteiger partial charge is 0.246 e. The third-order valence-corrected chi connectivity index (χ3v) is 2.29. The van der Waals surface area contributed by atoms with Crippen LogP contribution in [0.5, 0.6) is 0 Å². The molecule has 0 aliphatic heterocycles. The minimum atomic E-state index is -2.25. The van der Waals surface area contributed by atoms with Gasteiger partial charge in [0, 0.05) is 4.48 Å². The Bertz CT molecular complexity index is 172. The standard InChI is InChI=1S/C7H7BrF2/c8-6-4-2-1-3-5(6)7(9)10/h1-2,4-5,7H,3H2. The van der Waals surface area contributed by atoms with Gasteiger partial charge < -0.3 is 0 Å². The highest BCUT2D eigenvalue weighted by molar-refractivity contribution is 9.11. The first-order chi connectivity index (χ1) is 4.72. The molecule has 0 fully saturated rings. The molecule has 0 N–H and O–H groups in total. The summed E-state index contributed by atoms with van der Waals surface area (Å²) in [6, 6.07) is 0. The summed E-state index contributed by atoms with van der Waals surface area (Å²) in [5.74, 6) is -0.620. The topological polar surface area (TPSA) is 0 Å². The maximum atomic E-state index is 12.1. The molecular weight excluding hydrogens is 202 g/mol. The zero-order chi connectivity index (χ0) is 7.56. The van der Waals surface area contributed by atoms with Crippen molar-refractivity contribution in [3.05, 3.63) is 22.7 Å². The Kier molecular flexibility index (Phi) is 2.60. The molecule has 0 aromatic carbocycles. The summed E-state index contributed by atoms with van der Waals surface area (Å²) in [5, 5.41) is 0. The molecular formula is C7H7BrF2. The number of hydrogen-bond donors (Lipinski definition) is 0. The maximum Gasteiger partial charge on any atom is 0.246 e. The van der Waals surface area contributed by atoms with Crippen molar-refractivity contribution < 1.29 is 8.78 Å². The van der Waals surface area contributed by atoms with E-state index < -0.39 is 12.3 Å². The summed E-state index contributed by atoms with van der Waals surface area (Å²) in [5.41, 5.74) is 0. The number of halogens is 3. The molecule has 0 heterocycles. The second kappa shape index (κ2) is 3.28. The molecule has 3 heteroatoms. The van der Waals surface area contributed by atoms with Crippen LogP contribution in [0.3, 0.4) is 0 Å². The summed E-state index contributed by atoms with van der Waals surface area (Å²) in [6.07, 6.45) is 3.38. The van der Waals surface area contributed by atoms with E-state index >= 15 is 0 Å². The first kappa shape index (κ1) is 7.92. The van der Waals surface area contributed by atoms with Gasteiger partial charge in [0.15, 0.2) is 0 Å². The first-order valence-electron chi connectivity index (χ1n) is 3.02. The average molecular weight is 209 g/mol. The van der Waals surface area contributed by atoms with Gasteiger partial charge in [-0.25, -0.2) is 8.78 Å². The third-order valence-electron chi connectivity index (χ3n) is 1.44. The predicted molar refractivity (Wildman–Crippen MR) is 40.3 cm³/mol. The molecule has 0 saturated heterocycles. The van der Waals surface area contributed by atoms with Gasteiger partial charge in [0.2, 0.25) is 6.43 Å².